The van der Waals surface area contributed by atoms with E-state index in [4.69, 9.17) is 42.9 Å². The summed E-state index contributed by atoms with van der Waals surface area (Å²) in [6, 6.07) is 19.2. The number of rotatable bonds is 10. The molecular formula is C30H24Cl2N2O10. The number of ether oxygens (including phenoxy) is 4. The van der Waals surface area contributed by atoms with Crippen LogP contribution in [0.25, 0.3) is 0 Å². The standard InChI is InChI=1S/C16H14ClNO5.C14H10ClNO5/c1-21-15(19)13-7-12(8-14(18-13)16(20)22-2)23-9-10-4-3-5-11(17)6-10;15-9-3-1-2-8(4-9)7-21-10-5-11(13(17)18)16-12(6-10)14(19)20/h3-8H,9H2,1-2H3;1-6H,7H2,(H,17,18)(H,19,20). The molecule has 0 aliphatic heterocycles. The number of carboxylic acid groups (broad SMARTS) is 2. The number of nitrogens with zero attached hydrogens (tertiary/aromatic N) is 2. The topological polar surface area (TPSA) is 171 Å². The number of carbonyl (C=O) groups excluding carboxylic acids is 2. The predicted molar refractivity (Wildman–Crippen MR) is 157 cm³/mol. The molecular weight excluding hydrogens is 619 g/mol. The zero-order valence-corrected chi connectivity index (χ0v) is 24.7. The molecule has 2 heterocycles. The van der Waals surface area contributed by atoms with Gasteiger partial charge in [0.25, 0.3) is 0 Å². The summed E-state index contributed by atoms with van der Waals surface area (Å²) in [7, 11) is 2.45. The molecule has 0 spiro atoms. The minimum Gasteiger partial charge on any atom is -0.489 e. The molecule has 0 atom stereocenters. The lowest BCUT2D eigenvalue weighted by atomic mass is 10.2. The van der Waals surface area contributed by atoms with Gasteiger partial charge in [-0.1, -0.05) is 47.5 Å². The normalized spacial score (nSPS) is 10.1. The first-order valence-corrected chi connectivity index (χ1v) is 13.2. The highest BCUT2D eigenvalue weighted by Crippen LogP contribution is 2.20. The zero-order chi connectivity index (χ0) is 32.2. The quantitative estimate of drug-likeness (QED) is 0.205. The second kappa shape index (κ2) is 15.9. The Balaban J connectivity index is 0.000000241. The summed E-state index contributed by atoms with van der Waals surface area (Å²) in [5.74, 6) is -3.61. The first-order chi connectivity index (χ1) is 21.0. The zero-order valence-electron chi connectivity index (χ0n) is 23.2. The predicted octanol–water partition coefficient (Wildman–Crippen LogP) is 5.60. The summed E-state index contributed by atoms with van der Waals surface area (Å²) >= 11 is 11.7. The third-order valence-electron chi connectivity index (χ3n) is 5.41. The van der Waals surface area contributed by atoms with Crippen LogP contribution in [0.3, 0.4) is 0 Å². The van der Waals surface area contributed by atoms with Crippen molar-refractivity contribution >= 4 is 47.1 Å². The van der Waals surface area contributed by atoms with E-state index in [9.17, 15) is 19.2 Å². The smallest absolute Gasteiger partial charge is 0.356 e. The van der Waals surface area contributed by atoms with Crippen LogP contribution in [0.5, 0.6) is 11.5 Å². The summed E-state index contributed by atoms with van der Waals surface area (Å²) in [6.45, 7) is 0.342. The molecule has 0 saturated carbocycles. The van der Waals surface area contributed by atoms with Gasteiger partial charge >= 0.3 is 23.9 Å². The van der Waals surface area contributed by atoms with Crippen LogP contribution in [-0.2, 0) is 22.7 Å². The van der Waals surface area contributed by atoms with Crippen LogP contribution in [0.2, 0.25) is 10.0 Å². The highest BCUT2D eigenvalue weighted by molar-refractivity contribution is 6.30. The second-order valence-corrected chi connectivity index (χ2v) is 9.45. The first kappa shape index (κ1) is 33.3. The van der Waals surface area contributed by atoms with E-state index in [-0.39, 0.29) is 30.4 Å². The summed E-state index contributed by atoms with van der Waals surface area (Å²) in [6.07, 6.45) is 0. The second-order valence-electron chi connectivity index (χ2n) is 8.58. The van der Waals surface area contributed by atoms with Crippen molar-refractivity contribution in [3.8, 4) is 11.5 Å². The maximum absolute atomic E-state index is 11.6. The number of hydrogen-bond donors (Lipinski definition) is 2. The van der Waals surface area contributed by atoms with Crippen LogP contribution in [0, 0.1) is 0 Å². The van der Waals surface area contributed by atoms with Crippen molar-refractivity contribution in [2.24, 2.45) is 0 Å². The van der Waals surface area contributed by atoms with Gasteiger partial charge in [-0.15, -0.1) is 0 Å². The monoisotopic (exact) mass is 642 g/mol. The number of esters is 2. The van der Waals surface area contributed by atoms with Crippen LogP contribution >= 0.6 is 23.2 Å². The van der Waals surface area contributed by atoms with Crippen molar-refractivity contribution in [1.82, 2.24) is 9.97 Å². The van der Waals surface area contributed by atoms with Crippen molar-refractivity contribution in [2.75, 3.05) is 14.2 Å². The number of carboxylic acids is 2. The van der Waals surface area contributed by atoms with Crippen LogP contribution in [0.1, 0.15) is 53.1 Å². The molecule has 12 nitrogen and oxygen atoms in total. The Labute approximate surface area is 260 Å². The number of aromatic nitrogens is 2. The van der Waals surface area contributed by atoms with Crippen LogP contribution in [-0.4, -0.2) is 58.3 Å². The van der Waals surface area contributed by atoms with Gasteiger partial charge in [-0.05, 0) is 35.4 Å². The molecule has 0 bridgehead atoms. The van der Waals surface area contributed by atoms with Gasteiger partial charge in [-0.3, -0.25) is 0 Å². The van der Waals surface area contributed by atoms with Gasteiger partial charge in [-0.25, -0.2) is 29.1 Å². The molecule has 0 fully saturated rings. The van der Waals surface area contributed by atoms with Gasteiger partial charge < -0.3 is 29.2 Å². The minimum atomic E-state index is -1.33. The molecule has 2 aromatic heterocycles. The Morgan fingerprint density at radius 2 is 0.977 bits per heavy atom. The molecule has 0 unspecified atom stereocenters. The number of aromatic carboxylic acids is 2. The molecule has 0 aliphatic rings. The Bertz CT molecular complexity index is 1610. The fraction of sp³-hybridized carbons (Fsp3) is 0.133. The highest BCUT2D eigenvalue weighted by atomic mass is 35.5. The number of methoxy groups -OCH3 is 2. The van der Waals surface area contributed by atoms with E-state index in [2.05, 4.69) is 19.4 Å². The summed E-state index contributed by atoms with van der Waals surface area (Å²) in [5.41, 5.74) is 0.738. The molecule has 0 aliphatic carbocycles. The number of hydrogen-bond acceptors (Lipinski definition) is 10. The maximum Gasteiger partial charge on any atom is 0.356 e. The van der Waals surface area contributed by atoms with Crippen molar-refractivity contribution < 1.29 is 48.3 Å². The molecule has 4 aromatic rings. The molecule has 14 heteroatoms. The molecule has 2 aromatic carbocycles. The Morgan fingerprint density at radius 3 is 1.32 bits per heavy atom. The fourth-order valence-corrected chi connectivity index (χ4v) is 3.83. The largest absolute Gasteiger partial charge is 0.489 e. The van der Waals surface area contributed by atoms with Gasteiger partial charge in [0.2, 0.25) is 0 Å². The van der Waals surface area contributed by atoms with Gasteiger partial charge in [0, 0.05) is 34.3 Å². The lowest BCUT2D eigenvalue weighted by Gasteiger charge is -2.09. The average Bonchev–Trinajstić information content (AvgIpc) is 3.02. The molecule has 4 rings (SSSR count). The van der Waals surface area contributed by atoms with Gasteiger partial charge in [0.15, 0.2) is 22.8 Å². The summed E-state index contributed by atoms with van der Waals surface area (Å²) < 4.78 is 20.2. The fourth-order valence-electron chi connectivity index (χ4n) is 3.40. The van der Waals surface area contributed by atoms with E-state index in [1.54, 1.807) is 42.5 Å². The molecule has 2 N–H and O–H groups in total. The summed E-state index contributed by atoms with van der Waals surface area (Å²) in [5, 5.41) is 19.0. The molecule has 44 heavy (non-hydrogen) atoms. The maximum atomic E-state index is 11.6. The summed E-state index contributed by atoms with van der Waals surface area (Å²) in [4.78, 5) is 52.5. The molecule has 228 valence electrons. The van der Waals surface area contributed by atoms with Gasteiger partial charge in [0.05, 0.1) is 14.2 Å². The van der Waals surface area contributed by atoms with Crippen LogP contribution < -0.4 is 9.47 Å². The van der Waals surface area contributed by atoms with E-state index < -0.39 is 35.3 Å². The molecule has 0 amide bonds. The van der Waals surface area contributed by atoms with E-state index in [0.717, 1.165) is 11.1 Å². The number of benzene rings is 2. The third kappa shape index (κ3) is 9.96. The van der Waals surface area contributed by atoms with E-state index in [0.29, 0.717) is 15.8 Å². The lowest BCUT2D eigenvalue weighted by Crippen LogP contribution is -2.11. The van der Waals surface area contributed by atoms with E-state index in [1.807, 2.05) is 6.07 Å². The first-order valence-electron chi connectivity index (χ1n) is 12.4. The third-order valence-corrected chi connectivity index (χ3v) is 5.88. The van der Waals surface area contributed by atoms with Crippen molar-refractivity contribution in [3.05, 3.63) is 117 Å². The Morgan fingerprint density at radius 1 is 0.614 bits per heavy atom. The number of pyridine rings is 2. The van der Waals surface area contributed by atoms with E-state index >= 15 is 0 Å². The average molecular weight is 643 g/mol. The van der Waals surface area contributed by atoms with Crippen molar-refractivity contribution in [2.45, 2.75) is 13.2 Å². The number of halogens is 2. The minimum absolute atomic E-state index is 0.0449. The van der Waals surface area contributed by atoms with Crippen molar-refractivity contribution in [1.29, 1.82) is 0 Å². The number of carbonyl (C=O) groups is 4. The van der Waals surface area contributed by atoms with Gasteiger partial charge in [-0.2, -0.15) is 0 Å². The van der Waals surface area contributed by atoms with Crippen molar-refractivity contribution in [3.63, 3.8) is 0 Å². The van der Waals surface area contributed by atoms with Crippen LogP contribution in [0.4, 0.5) is 0 Å². The Hall–Kier alpha value is -5.20. The molecule has 0 radical (unpaired) electrons. The van der Waals surface area contributed by atoms with E-state index in [1.165, 1.54) is 38.5 Å². The van der Waals surface area contributed by atoms with Crippen LogP contribution in [0.15, 0.2) is 72.8 Å². The van der Waals surface area contributed by atoms with Gasteiger partial charge in [0.1, 0.15) is 24.7 Å². The highest BCUT2D eigenvalue weighted by Gasteiger charge is 2.17. The Kier molecular flexibility index (Phi) is 12.0. The SMILES string of the molecule is COC(=O)c1cc(OCc2cccc(Cl)c2)cc(C(=O)OC)n1.O=C(O)c1cc(OCc2cccc(Cl)c2)cc(C(=O)O)n1. The lowest BCUT2D eigenvalue weighted by molar-refractivity contribution is 0.0581. The molecule has 0 saturated heterocycles.